The normalized spacial score (nSPS) is 11.4. The molecule has 0 N–H and O–H groups in total. The average molecular weight is 269 g/mol. The third kappa shape index (κ3) is 3.57. The molecule has 0 aliphatic rings. The number of Topliss-reactive ketones (excluding diaryl/α,β-unsaturated/α-hetero) is 1. The first-order valence-electron chi connectivity index (χ1n) is 5.61. The van der Waals surface area contributed by atoms with E-state index in [1.165, 1.54) is 0 Å². The number of sulfone groups is 1. The summed E-state index contributed by atoms with van der Waals surface area (Å²) in [4.78, 5) is 13.8. The molecule has 1 rings (SSSR count). The number of nitrogens with zero attached hydrogens (tertiary/aromatic N) is 1. The Morgan fingerprint density at radius 1 is 1.17 bits per heavy atom. The molecule has 0 unspecified atom stereocenters. The summed E-state index contributed by atoms with van der Waals surface area (Å²) in [6.07, 6.45) is 1.07. The molecule has 0 amide bonds. The average Bonchev–Trinajstić information content (AvgIpc) is 2.12. The van der Waals surface area contributed by atoms with Crippen molar-refractivity contribution >= 4 is 21.3 Å². The monoisotopic (exact) mass is 269 g/mol. The summed E-state index contributed by atoms with van der Waals surface area (Å²) in [7, 11) is 0.592. The number of carbonyl (C=O) groups excluding carboxylic acids is 1. The molecule has 100 valence electrons. The van der Waals surface area contributed by atoms with E-state index in [1.54, 1.807) is 12.1 Å². The lowest BCUT2D eigenvalue weighted by molar-refractivity contribution is 0.102. The number of rotatable bonds is 4. The maximum absolute atomic E-state index is 11.9. The van der Waals surface area contributed by atoms with Crippen LogP contribution in [0.15, 0.2) is 12.1 Å². The van der Waals surface area contributed by atoms with Crippen LogP contribution in [0.1, 0.15) is 21.5 Å². The summed E-state index contributed by atoms with van der Waals surface area (Å²) in [6, 6.07) is 3.49. The second-order valence-corrected chi connectivity index (χ2v) is 6.99. The van der Waals surface area contributed by atoms with Crippen LogP contribution in [0.25, 0.3) is 0 Å². The SMILES string of the molecule is Cc1cc(C(=O)CS(C)(=O)=O)cc(C)c1N(C)C. The molecule has 0 radical (unpaired) electrons. The van der Waals surface area contributed by atoms with Crippen molar-refractivity contribution < 1.29 is 13.2 Å². The number of carbonyl (C=O) groups is 1. The van der Waals surface area contributed by atoms with E-state index in [9.17, 15) is 13.2 Å². The van der Waals surface area contributed by atoms with Crippen molar-refractivity contribution in [2.24, 2.45) is 0 Å². The van der Waals surface area contributed by atoms with Gasteiger partial charge in [0.2, 0.25) is 0 Å². The van der Waals surface area contributed by atoms with Crippen LogP contribution in [0.2, 0.25) is 0 Å². The van der Waals surface area contributed by atoms with Crippen LogP contribution in [-0.4, -0.2) is 40.3 Å². The predicted octanol–water partition coefficient (Wildman–Crippen LogP) is 1.60. The first-order chi connectivity index (χ1) is 8.11. The molecule has 0 aromatic heterocycles. The van der Waals surface area contributed by atoms with Crippen molar-refractivity contribution in [2.75, 3.05) is 31.0 Å². The van der Waals surface area contributed by atoms with Crippen LogP contribution in [0.3, 0.4) is 0 Å². The van der Waals surface area contributed by atoms with E-state index in [2.05, 4.69) is 0 Å². The smallest absolute Gasteiger partial charge is 0.177 e. The van der Waals surface area contributed by atoms with Crippen LogP contribution in [0.4, 0.5) is 5.69 Å². The molecule has 0 heterocycles. The summed E-state index contributed by atoms with van der Waals surface area (Å²) in [5.74, 6) is -0.790. The summed E-state index contributed by atoms with van der Waals surface area (Å²) in [5, 5.41) is 0. The van der Waals surface area contributed by atoms with Crippen molar-refractivity contribution in [1.29, 1.82) is 0 Å². The minimum Gasteiger partial charge on any atom is -0.377 e. The quantitative estimate of drug-likeness (QED) is 0.779. The third-order valence-electron chi connectivity index (χ3n) is 2.65. The van der Waals surface area contributed by atoms with E-state index in [1.807, 2.05) is 32.8 Å². The minimum atomic E-state index is -3.28. The van der Waals surface area contributed by atoms with Crippen molar-refractivity contribution in [3.05, 3.63) is 28.8 Å². The molecule has 0 spiro atoms. The fourth-order valence-corrected chi connectivity index (χ4v) is 2.79. The molecule has 0 aliphatic carbocycles. The van der Waals surface area contributed by atoms with Crippen LogP contribution in [0, 0.1) is 13.8 Å². The standard InChI is InChI=1S/C13H19NO3S/c1-9-6-11(12(15)8-18(5,16)17)7-10(2)13(9)14(3)4/h6-7H,8H2,1-5H3. The number of aryl methyl sites for hydroxylation is 2. The van der Waals surface area contributed by atoms with Gasteiger partial charge in [-0.1, -0.05) is 0 Å². The molecular weight excluding hydrogens is 250 g/mol. The highest BCUT2D eigenvalue weighted by atomic mass is 32.2. The second-order valence-electron chi connectivity index (χ2n) is 4.85. The first-order valence-corrected chi connectivity index (χ1v) is 7.67. The van der Waals surface area contributed by atoms with Crippen LogP contribution < -0.4 is 4.90 Å². The van der Waals surface area contributed by atoms with E-state index in [-0.39, 0.29) is 5.78 Å². The largest absolute Gasteiger partial charge is 0.377 e. The number of hydrogen-bond donors (Lipinski definition) is 0. The molecule has 0 aliphatic heterocycles. The molecule has 0 saturated carbocycles. The van der Waals surface area contributed by atoms with Crippen LogP contribution in [0.5, 0.6) is 0 Å². The maximum atomic E-state index is 11.9. The fraction of sp³-hybridized carbons (Fsp3) is 0.462. The highest BCUT2D eigenvalue weighted by Crippen LogP contribution is 2.24. The van der Waals surface area contributed by atoms with Crippen LogP contribution >= 0.6 is 0 Å². The second kappa shape index (κ2) is 5.10. The van der Waals surface area contributed by atoms with Gasteiger partial charge in [0.15, 0.2) is 15.6 Å². The van der Waals surface area contributed by atoms with Gasteiger partial charge in [0.1, 0.15) is 5.75 Å². The number of ketones is 1. The molecule has 0 atom stereocenters. The molecule has 0 fully saturated rings. The first kappa shape index (κ1) is 14.7. The summed E-state index contributed by atoms with van der Waals surface area (Å²) in [6.45, 7) is 3.83. The van der Waals surface area contributed by atoms with Gasteiger partial charge in [-0.05, 0) is 37.1 Å². The summed E-state index contributed by atoms with van der Waals surface area (Å²) >= 11 is 0. The van der Waals surface area contributed by atoms with Crippen LogP contribution in [-0.2, 0) is 9.84 Å². The van der Waals surface area contributed by atoms with Crippen molar-refractivity contribution in [3.8, 4) is 0 Å². The molecule has 18 heavy (non-hydrogen) atoms. The molecule has 1 aromatic rings. The molecule has 0 bridgehead atoms. The van der Waals surface area contributed by atoms with Gasteiger partial charge in [-0.15, -0.1) is 0 Å². The Balaban J connectivity index is 3.18. The van der Waals surface area contributed by atoms with E-state index < -0.39 is 15.6 Å². The molecular formula is C13H19NO3S. The van der Waals surface area contributed by atoms with Gasteiger partial charge >= 0.3 is 0 Å². The third-order valence-corrected chi connectivity index (χ3v) is 3.44. The Labute approximate surface area is 109 Å². The van der Waals surface area contributed by atoms with Crippen molar-refractivity contribution in [2.45, 2.75) is 13.8 Å². The number of anilines is 1. The lowest BCUT2D eigenvalue weighted by Crippen LogP contribution is -2.17. The summed E-state index contributed by atoms with van der Waals surface area (Å²) in [5.41, 5.74) is 3.46. The van der Waals surface area contributed by atoms with E-state index in [0.29, 0.717) is 5.56 Å². The van der Waals surface area contributed by atoms with Gasteiger partial charge in [0.05, 0.1) is 0 Å². The van der Waals surface area contributed by atoms with E-state index in [4.69, 9.17) is 0 Å². The minimum absolute atomic E-state index is 0.353. The number of hydrogen-bond acceptors (Lipinski definition) is 4. The lowest BCUT2D eigenvalue weighted by Gasteiger charge is -2.19. The van der Waals surface area contributed by atoms with E-state index in [0.717, 1.165) is 23.1 Å². The van der Waals surface area contributed by atoms with Gasteiger partial charge in [-0.2, -0.15) is 0 Å². The fourth-order valence-electron chi connectivity index (χ4n) is 2.14. The Hall–Kier alpha value is -1.36. The number of benzene rings is 1. The van der Waals surface area contributed by atoms with Gasteiger partial charge in [-0.25, -0.2) is 8.42 Å². The molecule has 5 heteroatoms. The van der Waals surface area contributed by atoms with Gasteiger partial charge in [0.25, 0.3) is 0 Å². The Morgan fingerprint density at radius 3 is 1.94 bits per heavy atom. The Morgan fingerprint density at radius 2 is 1.61 bits per heavy atom. The van der Waals surface area contributed by atoms with E-state index >= 15 is 0 Å². The Kier molecular flexibility index (Phi) is 4.16. The molecule has 1 aromatic carbocycles. The predicted molar refractivity (Wildman–Crippen MR) is 74.3 cm³/mol. The van der Waals surface area contributed by atoms with Gasteiger partial charge in [0, 0.05) is 31.6 Å². The van der Waals surface area contributed by atoms with Crippen molar-refractivity contribution in [1.82, 2.24) is 0 Å². The topological polar surface area (TPSA) is 54.5 Å². The molecule has 4 nitrogen and oxygen atoms in total. The van der Waals surface area contributed by atoms with Gasteiger partial charge < -0.3 is 4.90 Å². The maximum Gasteiger partial charge on any atom is 0.177 e. The highest BCUT2D eigenvalue weighted by Gasteiger charge is 2.16. The summed E-state index contributed by atoms with van der Waals surface area (Å²) < 4.78 is 22.3. The van der Waals surface area contributed by atoms with Crippen molar-refractivity contribution in [3.63, 3.8) is 0 Å². The van der Waals surface area contributed by atoms with Gasteiger partial charge in [-0.3, -0.25) is 4.79 Å². The zero-order valence-corrected chi connectivity index (χ0v) is 12.3. The zero-order valence-electron chi connectivity index (χ0n) is 11.4. The highest BCUT2D eigenvalue weighted by molar-refractivity contribution is 7.91. The zero-order chi connectivity index (χ0) is 14.1. The molecule has 0 saturated heterocycles. The Bertz CT molecular complexity index is 551. The lowest BCUT2D eigenvalue weighted by atomic mass is 10.0.